The highest BCUT2D eigenvalue weighted by Gasteiger charge is 2.32. The van der Waals surface area contributed by atoms with Crippen LogP contribution >= 0.6 is 0 Å². The Labute approximate surface area is 193 Å². The van der Waals surface area contributed by atoms with Crippen molar-refractivity contribution >= 4 is 11.7 Å². The van der Waals surface area contributed by atoms with Gasteiger partial charge in [-0.1, -0.05) is 60.7 Å². The molecule has 0 bridgehead atoms. The van der Waals surface area contributed by atoms with Crippen LogP contribution in [0.15, 0.2) is 72.8 Å². The number of Topliss-reactive ketones (excluding diaryl/α,β-unsaturated/α-hetero) is 1. The number of aromatic nitrogens is 2. The molecule has 0 saturated heterocycles. The lowest BCUT2D eigenvalue weighted by atomic mass is 10.0. The van der Waals surface area contributed by atoms with E-state index in [4.69, 9.17) is 5.10 Å². The molecule has 0 N–H and O–H groups in total. The van der Waals surface area contributed by atoms with E-state index in [2.05, 4.69) is 26.0 Å². The van der Waals surface area contributed by atoms with Crippen molar-refractivity contribution in [2.45, 2.75) is 33.9 Å². The minimum absolute atomic E-state index is 0.00472. The zero-order valence-corrected chi connectivity index (χ0v) is 19.0. The number of fused-ring (bicyclic) bond motifs is 1. The van der Waals surface area contributed by atoms with Crippen LogP contribution in [0.4, 0.5) is 0 Å². The number of para-hydroxylation sites is 1. The molecule has 1 aliphatic rings. The highest BCUT2D eigenvalue weighted by Crippen LogP contribution is 2.36. The molecule has 4 aromatic rings. The Kier molecular flexibility index (Phi) is 5.17. The highest BCUT2D eigenvalue weighted by atomic mass is 16.2. The summed E-state index contributed by atoms with van der Waals surface area (Å²) in [4.78, 5) is 26.7. The Hall–Kier alpha value is -3.99. The normalized spacial score (nSPS) is 12.6. The SMILES string of the molecule is CC(=O)c1ccc(-c2c3c(nn2-c2c(C)cccc2C)CN(C(=O)c2ccccc2)C3)cc1. The number of carbonyl (C=O) groups is 2. The van der Waals surface area contributed by atoms with E-state index in [0.717, 1.165) is 39.3 Å². The van der Waals surface area contributed by atoms with Crippen LogP contribution in [0.25, 0.3) is 16.9 Å². The van der Waals surface area contributed by atoms with Crippen LogP contribution in [-0.4, -0.2) is 26.4 Å². The smallest absolute Gasteiger partial charge is 0.254 e. The van der Waals surface area contributed by atoms with Crippen LogP contribution in [0.5, 0.6) is 0 Å². The molecular weight excluding hydrogens is 410 g/mol. The summed E-state index contributed by atoms with van der Waals surface area (Å²) in [5.41, 5.74) is 8.59. The van der Waals surface area contributed by atoms with Gasteiger partial charge in [0.2, 0.25) is 0 Å². The van der Waals surface area contributed by atoms with Crippen molar-refractivity contribution in [2.24, 2.45) is 0 Å². The van der Waals surface area contributed by atoms with Gasteiger partial charge in [-0.2, -0.15) is 5.10 Å². The van der Waals surface area contributed by atoms with Gasteiger partial charge in [0.05, 0.1) is 30.2 Å². The number of hydrogen-bond donors (Lipinski definition) is 0. The van der Waals surface area contributed by atoms with Crippen LogP contribution in [0.2, 0.25) is 0 Å². The topological polar surface area (TPSA) is 55.2 Å². The maximum absolute atomic E-state index is 13.1. The molecule has 0 radical (unpaired) electrons. The maximum atomic E-state index is 13.1. The molecule has 0 spiro atoms. The fraction of sp³-hybridized carbons (Fsp3) is 0.179. The molecule has 2 heterocycles. The van der Waals surface area contributed by atoms with Crippen molar-refractivity contribution in [3.63, 3.8) is 0 Å². The van der Waals surface area contributed by atoms with Gasteiger partial charge >= 0.3 is 0 Å². The molecule has 1 aromatic heterocycles. The second-order valence-corrected chi connectivity index (χ2v) is 8.59. The first-order valence-electron chi connectivity index (χ1n) is 11.1. The quantitative estimate of drug-likeness (QED) is 0.397. The van der Waals surface area contributed by atoms with Gasteiger partial charge in [0.15, 0.2) is 5.78 Å². The van der Waals surface area contributed by atoms with Gasteiger partial charge in [-0.15, -0.1) is 0 Å². The molecule has 1 aliphatic heterocycles. The predicted octanol–water partition coefficient (Wildman–Crippen LogP) is 5.51. The standard InChI is InChI=1S/C28H25N3O2/c1-18-8-7-9-19(2)26(18)31-27(22-14-12-21(13-15-22)20(3)32)24-16-30(17-25(24)29-31)28(33)23-10-5-4-6-11-23/h4-15H,16-17H2,1-3H3. The maximum Gasteiger partial charge on any atom is 0.254 e. The van der Waals surface area contributed by atoms with Gasteiger partial charge in [0.1, 0.15) is 0 Å². The zero-order valence-electron chi connectivity index (χ0n) is 19.0. The number of hydrogen-bond acceptors (Lipinski definition) is 3. The van der Waals surface area contributed by atoms with E-state index in [-0.39, 0.29) is 11.7 Å². The first-order chi connectivity index (χ1) is 15.9. The number of nitrogens with zero attached hydrogens (tertiary/aromatic N) is 3. The molecule has 5 rings (SSSR count). The highest BCUT2D eigenvalue weighted by molar-refractivity contribution is 5.95. The first-order valence-corrected chi connectivity index (χ1v) is 11.1. The number of aryl methyl sites for hydroxylation is 2. The van der Waals surface area contributed by atoms with Gasteiger partial charge in [-0.05, 0) is 44.0 Å². The molecule has 0 saturated carbocycles. The molecule has 0 unspecified atom stereocenters. The van der Waals surface area contributed by atoms with Crippen LogP contribution in [0.1, 0.15) is 50.0 Å². The van der Waals surface area contributed by atoms with Crippen molar-refractivity contribution < 1.29 is 9.59 Å². The van der Waals surface area contributed by atoms with Crippen molar-refractivity contribution in [2.75, 3.05) is 0 Å². The monoisotopic (exact) mass is 435 g/mol. The van der Waals surface area contributed by atoms with E-state index in [0.29, 0.717) is 24.2 Å². The lowest BCUT2D eigenvalue weighted by Crippen LogP contribution is -2.26. The second-order valence-electron chi connectivity index (χ2n) is 8.59. The van der Waals surface area contributed by atoms with Crippen LogP contribution in [-0.2, 0) is 13.1 Å². The predicted molar refractivity (Wildman–Crippen MR) is 128 cm³/mol. The molecular formula is C28H25N3O2. The summed E-state index contributed by atoms with van der Waals surface area (Å²) < 4.78 is 2.02. The largest absolute Gasteiger partial charge is 0.328 e. The minimum atomic E-state index is 0.00472. The summed E-state index contributed by atoms with van der Waals surface area (Å²) >= 11 is 0. The molecule has 5 heteroatoms. The molecule has 0 aliphatic carbocycles. The molecule has 1 amide bonds. The minimum Gasteiger partial charge on any atom is -0.328 e. The van der Waals surface area contributed by atoms with Gasteiger partial charge in [-0.25, -0.2) is 4.68 Å². The van der Waals surface area contributed by atoms with E-state index in [9.17, 15) is 9.59 Å². The van der Waals surface area contributed by atoms with E-state index in [1.165, 1.54) is 0 Å². The van der Waals surface area contributed by atoms with Gasteiger partial charge < -0.3 is 4.90 Å². The fourth-order valence-electron chi connectivity index (χ4n) is 4.58. The zero-order chi connectivity index (χ0) is 23.1. The summed E-state index contributed by atoms with van der Waals surface area (Å²) in [5, 5.41) is 5.00. The average Bonchev–Trinajstić information content (AvgIpc) is 3.37. The molecule has 5 nitrogen and oxygen atoms in total. The Morgan fingerprint density at radius 3 is 2.09 bits per heavy atom. The average molecular weight is 436 g/mol. The summed E-state index contributed by atoms with van der Waals surface area (Å²) in [5.74, 6) is 0.0415. The Balaban J connectivity index is 1.62. The summed E-state index contributed by atoms with van der Waals surface area (Å²) in [6.45, 7) is 6.71. The molecule has 164 valence electrons. The van der Waals surface area contributed by atoms with Crippen molar-refractivity contribution in [1.29, 1.82) is 0 Å². The molecule has 3 aromatic carbocycles. The van der Waals surface area contributed by atoms with Crippen molar-refractivity contribution in [3.8, 4) is 16.9 Å². The van der Waals surface area contributed by atoms with Gasteiger partial charge in [-0.3, -0.25) is 9.59 Å². The summed E-state index contributed by atoms with van der Waals surface area (Å²) in [7, 11) is 0. The number of rotatable bonds is 4. The first kappa shape index (κ1) is 20.9. The molecule has 0 atom stereocenters. The number of amides is 1. The van der Waals surface area contributed by atoms with E-state index >= 15 is 0 Å². The summed E-state index contributed by atoms with van der Waals surface area (Å²) in [6, 6.07) is 23.2. The van der Waals surface area contributed by atoms with E-state index in [1.807, 2.05) is 70.2 Å². The fourth-order valence-corrected chi connectivity index (χ4v) is 4.58. The summed E-state index contributed by atoms with van der Waals surface area (Å²) in [6.07, 6.45) is 0. The Morgan fingerprint density at radius 2 is 1.45 bits per heavy atom. The van der Waals surface area contributed by atoms with Crippen molar-refractivity contribution in [3.05, 3.63) is 106 Å². The van der Waals surface area contributed by atoms with E-state index < -0.39 is 0 Å². The van der Waals surface area contributed by atoms with Crippen LogP contribution < -0.4 is 0 Å². The number of benzene rings is 3. The van der Waals surface area contributed by atoms with E-state index in [1.54, 1.807) is 6.92 Å². The second kappa shape index (κ2) is 8.17. The Bertz CT molecular complexity index is 1350. The third kappa shape index (κ3) is 3.65. The molecule has 33 heavy (non-hydrogen) atoms. The van der Waals surface area contributed by atoms with Crippen molar-refractivity contribution in [1.82, 2.24) is 14.7 Å². The number of ketones is 1. The third-order valence-corrected chi connectivity index (χ3v) is 6.28. The van der Waals surface area contributed by atoms with Crippen LogP contribution in [0.3, 0.4) is 0 Å². The number of carbonyl (C=O) groups excluding carboxylic acids is 2. The lowest BCUT2D eigenvalue weighted by Gasteiger charge is -2.19. The lowest BCUT2D eigenvalue weighted by molar-refractivity contribution is 0.0749. The van der Waals surface area contributed by atoms with Crippen LogP contribution in [0, 0.1) is 13.8 Å². The molecule has 0 fully saturated rings. The van der Waals surface area contributed by atoms with Gasteiger partial charge in [0.25, 0.3) is 5.91 Å². The van der Waals surface area contributed by atoms with Gasteiger partial charge in [0, 0.05) is 22.3 Å². The Morgan fingerprint density at radius 1 is 0.788 bits per heavy atom. The third-order valence-electron chi connectivity index (χ3n) is 6.28.